The van der Waals surface area contributed by atoms with Crippen molar-refractivity contribution in [2.24, 2.45) is 11.8 Å². The van der Waals surface area contributed by atoms with Crippen LogP contribution in [0.3, 0.4) is 0 Å². The maximum atomic E-state index is 9.30. The van der Waals surface area contributed by atoms with Crippen LogP contribution >= 0.6 is 0 Å². The van der Waals surface area contributed by atoms with Crippen molar-refractivity contribution in [2.45, 2.75) is 71.9 Å². The highest BCUT2D eigenvalue weighted by Crippen LogP contribution is 2.18. The fourth-order valence-corrected chi connectivity index (χ4v) is 3.53. The van der Waals surface area contributed by atoms with Crippen molar-refractivity contribution in [3.8, 4) is 0 Å². The SMILES string of the molecule is CC(C)C[C@@H]1CCC[C@@H](CC(C)C)[NH+]1CCO. The normalized spacial score (nSPS) is 27.0. The number of rotatable bonds is 6. The zero-order valence-corrected chi connectivity index (χ0v) is 12.2. The van der Waals surface area contributed by atoms with Crippen molar-refractivity contribution < 1.29 is 10.0 Å². The molecular formula is C15H32NO+. The number of nitrogens with one attached hydrogen (secondary N) is 1. The van der Waals surface area contributed by atoms with Crippen molar-refractivity contribution in [3.63, 3.8) is 0 Å². The maximum Gasteiger partial charge on any atom is 0.101 e. The number of hydrogen-bond acceptors (Lipinski definition) is 1. The van der Waals surface area contributed by atoms with Crippen LogP contribution in [0.25, 0.3) is 0 Å². The quantitative estimate of drug-likeness (QED) is 0.730. The molecule has 2 N–H and O–H groups in total. The lowest BCUT2D eigenvalue weighted by molar-refractivity contribution is -0.956. The molecule has 0 spiro atoms. The van der Waals surface area contributed by atoms with Gasteiger partial charge in [-0.2, -0.15) is 0 Å². The Hall–Kier alpha value is -0.0800. The lowest BCUT2D eigenvalue weighted by Gasteiger charge is -2.40. The van der Waals surface area contributed by atoms with Gasteiger partial charge >= 0.3 is 0 Å². The van der Waals surface area contributed by atoms with Gasteiger partial charge in [0.2, 0.25) is 0 Å². The van der Waals surface area contributed by atoms with Crippen LogP contribution in [0, 0.1) is 11.8 Å². The predicted octanol–water partition coefficient (Wildman–Crippen LogP) is 1.88. The molecule has 2 atom stereocenters. The van der Waals surface area contributed by atoms with Gasteiger partial charge in [0.25, 0.3) is 0 Å². The first kappa shape index (κ1) is 15.0. The average Bonchev–Trinajstić information content (AvgIpc) is 2.21. The van der Waals surface area contributed by atoms with E-state index >= 15 is 0 Å². The highest BCUT2D eigenvalue weighted by Gasteiger charge is 2.34. The standard InChI is InChI=1S/C15H31NO/c1-12(2)10-14-6-5-7-15(11-13(3)4)16(14)8-9-17/h12-15,17H,5-11H2,1-4H3/p+1/t14-,15-/m0/s1. The van der Waals surface area contributed by atoms with E-state index in [0.717, 1.165) is 30.5 Å². The lowest BCUT2D eigenvalue weighted by atomic mass is 9.87. The third-order valence-electron chi connectivity index (χ3n) is 4.07. The molecule has 2 nitrogen and oxygen atoms in total. The van der Waals surface area contributed by atoms with Gasteiger partial charge < -0.3 is 10.0 Å². The molecule has 0 amide bonds. The largest absolute Gasteiger partial charge is 0.391 e. The minimum Gasteiger partial charge on any atom is -0.391 e. The summed E-state index contributed by atoms with van der Waals surface area (Å²) in [5.41, 5.74) is 0. The summed E-state index contributed by atoms with van der Waals surface area (Å²) in [5.74, 6) is 1.57. The first-order valence-electron chi connectivity index (χ1n) is 7.51. The molecule has 0 unspecified atom stereocenters. The average molecular weight is 242 g/mol. The number of piperidine rings is 1. The maximum absolute atomic E-state index is 9.30. The summed E-state index contributed by atoms with van der Waals surface area (Å²) in [4.78, 5) is 1.70. The first-order chi connectivity index (χ1) is 8.04. The summed E-state index contributed by atoms with van der Waals surface area (Å²) in [7, 11) is 0. The van der Waals surface area contributed by atoms with Crippen LogP contribution < -0.4 is 4.90 Å². The second-order valence-corrected chi connectivity index (χ2v) is 6.63. The Labute approximate surface area is 107 Å². The topological polar surface area (TPSA) is 24.7 Å². The van der Waals surface area contributed by atoms with Crippen molar-refractivity contribution in [3.05, 3.63) is 0 Å². The number of likely N-dealkylation sites (tertiary alicyclic amines) is 1. The molecule has 1 aliphatic rings. The van der Waals surface area contributed by atoms with E-state index in [4.69, 9.17) is 0 Å². The second kappa shape index (κ2) is 7.38. The van der Waals surface area contributed by atoms with E-state index in [2.05, 4.69) is 27.7 Å². The zero-order chi connectivity index (χ0) is 12.8. The lowest BCUT2D eigenvalue weighted by Crippen LogP contribution is -3.20. The van der Waals surface area contributed by atoms with Crippen LogP contribution in [0.4, 0.5) is 0 Å². The summed E-state index contributed by atoms with van der Waals surface area (Å²) in [6, 6.07) is 1.58. The van der Waals surface area contributed by atoms with Crippen molar-refractivity contribution in [2.75, 3.05) is 13.2 Å². The Morgan fingerprint density at radius 3 is 1.82 bits per heavy atom. The van der Waals surface area contributed by atoms with Crippen molar-refractivity contribution >= 4 is 0 Å². The summed E-state index contributed by atoms with van der Waals surface area (Å²) in [5, 5.41) is 9.30. The number of quaternary nitrogens is 1. The molecule has 1 rings (SSSR count). The zero-order valence-electron chi connectivity index (χ0n) is 12.2. The van der Waals surface area contributed by atoms with Gasteiger partial charge in [0, 0.05) is 12.8 Å². The van der Waals surface area contributed by atoms with E-state index in [1.807, 2.05) is 0 Å². The molecule has 0 aromatic carbocycles. The molecule has 1 heterocycles. The smallest absolute Gasteiger partial charge is 0.101 e. The molecule has 0 aromatic heterocycles. The second-order valence-electron chi connectivity index (χ2n) is 6.63. The molecule has 17 heavy (non-hydrogen) atoms. The predicted molar refractivity (Wildman–Crippen MR) is 73.3 cm³/mol. The number of hydrogen-bond donors (Lipinski definition) is 2. The molecule has 1 fully saturated rings. The van der Waals surface area contributed by atoms with Crippen LogP contribution in [-0.4, -0.2) is 30.3 Å². The van der Waals surface area contributed by atoms with Gasteiger partial charge in [-0.3, -0.25) is 0 Å². The van der Waals surface area contributed by atoms with E-state index in [1.54, 1.807) is 4.90 Å². The monoisotopic (exact) mass is 242 g/mol. The van der Waals surface area contributed by atoms with Crippen LogP contribution in [0.2, 0.25) is 0 Å². The minimum absolute atomic E-state index is 0.346. The Morgan fingerprint density at radius 2 is 1.47 bits per heavy atom. The fraction of sp³-hybridized carbons (Fsp3) is 1.00. The molecule has 0 radical (unpaired) electrons. The Kier molecular flexibility index (Phi) is 6.50. The molecule has 0 saturated carbocycles. The van der Waals surface area contributed by atoms with Gasteiger partial charge in [0.15, 0.2) is 0 Å². The van der Waals surface area contributed by atoms with Gasteiger partial charge in [0.05, 0.1) is 18.7 Å². The number of aliphatic hydroxyl groups excluding tert-OH is 1. The van der Waals surface area contributed by atoms with E-state index in [9.17, 15) is 5.11 Å². The Balaban J connectivity index is 2.62. The third kappa shape index (κ3) is 4.97. The Morgan fingerprint density at radius 1 is 1.00 bits per heavy atom. The van der Waals surface area contributed by atoms with Crippen LogP contribution in [0.5, 0.6) is 0 Å². The van der Waals surface area contributed by atoms with Gasteiger partial charge in [0.1, 0.15) is 6.54 Å². The molecule has 0 aromatic rings. The van der Waals surface area contributed by atoms with Gasteiger partial charge in [-0.25, -0.2) is 0 Å². The summed E-state index contributed by atoms with van der Waals surface area (Å²) >= 11 is 0. The molecule has 102 valence electrons. The van der Waals surface area contributed by atoms with Gasteiger partial charge in [-0.15, -0.1) is 0 Å². The van der Waals surface area contributed by atoms with Crippen LogP contribution in [-0.2, 0) is 0 Å². The van der Waals surface area contributed by atoms with Gasteiger partial charge in [-0.1, -0.05) is 27.7 Å². The van der Waals surface area contributed by atoms with Gasteiger partial charge in [-0.05, 0) is 31.1 Å². The van der Waals surface area contributed by atoms with Crippen LogP contribution in [0.15, 0.2) is 0 Å². The molecule has 0 aliphatic carbocycles. The highest BCUT2D eigenvalue weighted by atomic mass is 16.3. The summed E-state index contributed by atoms with van der Waals surface area (Å²) in [6.07, 6.45) is 6.77. The highest BCUT2D eigenvalue weighted by molar-refractivity contribution is 4.71. The van der Waals surface area contributed by atoms with Crippen LogP contribution in [0.1, 0.15) is 59.8 Å². The molecule has 0 bridgehead atoms. The Bertz CT molecular complexity index is 185. The molecule has 1 saturated heterocycles. The summed E-state index contributed by atoms with van der Waals surface area (Å²) in [6.45, 7) is 10.6. The van der Waals surface area contributed by atoms with E-state index in [1.165, 1.54) is 32.1 Å². The first-order valence-corrected chi connectivity index (χ1v) is 7.51. The molecular weight excluding hydrogens is 210 g/mol. The molecule has 1 aliphatic heterocycles. The fourth-order valence-electron chi connectivity index (χ4n) is 3.53. The third-order valence-corrected chi connectivity index (χ3v) is 4.07. The minimum atomic E-state index is 0.346. The molecule has 2 heteroatoms. The summed E-state index contributed by atoms with van der Waals surface area (Å²) < 4.78 is 0. The van der Waals surface area contributed by atoms with Crippen molar-refractivity contribution in [1.29, 1.82) is 0 Å². The van der Waals surface area contributed by atoms with E-state index < -0.39 is 0 Å². The number of aliphatic hydroxyl groups is 1. The van der Waals surface area contributed by atoms with Crippen molar-refractivity contribution in [1.82, 2.24) is 0 Å². The van der Waals surface area contributed by atoms with E-state index in [0.29, 0.717) is 6.61 Å². The van der Waals surface area contributed by atoms with E-state index in [-0.39, 0.29) is 0 Å².